The van der Waals surface area contributed by atoms with E-state index in [2.05, 4.69) is 5.32 Å². The summed E-state index contributed by atoms with van der Waals surface area (Å²) in [5, 5.41) is 3.40. The Hall–Kier alpha value is -1.26. The van der Waals surface area contributed by atoms with Crippen LogP contribution in [0.15, 0.2) is 18.2 Å². The molecule has 0 aliphatic heterocycles. The van der Waals surface area contributed by atoms with E-state index in [0.717, 1.165) is 25.7 Å². The van der Waals surface area contributed by atoms with Gasteiger partial charge in [-0.1, -0.05) is 30.9 Å². The topological polar surface area (TPSA) is 64.3 Å². The Morgan fingerprint density at radius 3 is 2.75 bits per heavy atom. The Balaban J connectivity index is 2.02. The molecule has 0 unspecified atom stereocenters. The molecule has 0 atom stereocenters. The molecule has 1 amide bonds. The second-order valence-corrected chi connectivity index (χ2v) is 5.93. The molecule has 1 aromatic carbocycles. The van der Waals surface area contributed by atoms with E-state index in [1.807, 2.05) is 0 Å². The largest absolute Gasteiger partial charge is 0.495 e. The molecule has 20 heavy (non-hydrogen) atoms. The van der Waals surface area contributed by atoms with Gasteiger partial charge in [-0.05, 0) is 31.0 Å². The van der Waals surface area contributed by atoms with Gasteiger partial charge >= 0.3 is 0 Å². The highest BCUT2D eigenvalue weighted by molar-refractivity contribution is 6.31. The molecule has 0 saturated heterocycles. The summed E-state index contributed by atoms with van der Waals surface area (Å²) >= 11 is 5.94. The standard InChI is InChI=1S/C15H21ClN2O2/c1-20-13-6-5-11(16)9-12(13)18-14(19)10-15(17)7-3-2-4-8-15/h5-6,9H,2-4,7-8,10,17H2,1H3,(H,18,19). The Kier molecular flexibility index (Phi) is 4.89. The minimum atomic E-state index is -0.367. The van der Waals surface area contributed by atoms with Gasteiger partial charge in [-0.3, -0.25) is 4.79 Å². The number of benzene rings is 1. The molecule has 0 radical (unpaired) electrons. The monoisotopic (exact) mass is 296 g/mol. The van der Waals surface area contributed by atoms with Crippen LogP contribution >= 0.6 is 11.6 Å². The van der Waals surface area contributed by atoms with Crippen molar-refractivity contribution in [1.29, 1.82) is 0 Å². The molecule has 1 aliphatic rings. The summed E-state index contributed by atoms with van der Waals surface area (Å²) in [5.41, 5.74) is 6.52. The van der Waals surface area contributed by atoms with E-state index >= 15 is 0 Å². The highest BCUT2D eigenvalue weighted by Crippen LogP contribution is 2.31. The molecule has 3 N–H and O–H groups in total. The molecule has 1 saturated carbocycles. The van der Waals surface area contributed by atoms with Crippen LogP contribution in [0.1, 0.15) is 38.5 Å². The van der Waals surface area contributed by atoms with Crippen molar-refractivity contribution in [2.24, 2.45) is 5.73 Å². The van der Waals surface area contributed by atoms with Crippen molar-refractivity contribution in [3.8, 4) is 5.75 Å². The molecule has 0 bridgehead atoms. The average Bonchev–Trinajstić information content (AvgIpc) is 2.39. The lowest BCUT2D eigenvalue weighted by atomic mass is 9.80. The third-order valence-electron chi connectivity index (χ3n) is 3.80. The SMILES string of the molecule is COc1ccc(Cl)cc1NC(=O)CC1(N)CCCCC1. The maximum absolute atomic E-state index is 12.2. The van der Waals surface area contributed by atoms with Crippen molar-refractivity contribution in [3.05, 3.63) is 23.2 Å². The number of carbonyl (C=O) groups excluding carboxylic acids is 1. The van der Waals surface area contributed by atoms with Crippen LogP contribution in [0.3, 0.4) is 0 Å². The van der Waals surface area contributed by atoms with Gasteiger partial charge in [0.2, 0.25) is 5.91 Å². The van der Waals surface area contributed by atoms with E-state index in [1.54, 1.807) is 25.3 Å². The van der Waals surface area contributed by atoms with Gasteiger partial charge in [-0.15, -0.1) is 0 Å². The molecule has 4 nitrogen and oxygen atoms in total. The first-order chi connectivity index (χ1) is 9.52. The van der Waals surface area contributed by atoms with Gasteiger partial charge < -0.3 is 15.8 Å². The van der Waals surface area contributed by atoms with Gasteiger partial charge in [-0.2, -0.15) is 0 Å². The summed E-state index contributed by atoms with van der Waals surface area (Å²) < 4.78 is 5.21. The highest BCUT2D eigenvalue weighted by Gasteiger charge is 2.30. The number of amides is 1. The van der Waals surface area contributed by atoms with Gasteiger partial charge in [0.25, 0.3) is 0 Å². The number of hydrogen-bond donors (Lipinski definition) is 2. The van der Waals surface area contributed by atoms with Gasteiger partial charge in [-0.25, -0.2) is 0 Å². The average molecular weight is 297 g/mol. The molecule has 2 rings (SSSR count). The van der Waals surface area contributed by atoms with Crippen molar-refractivity contribution in [3.63, 3.8) is 0 Å². The lowest BCUT2D eigenvalue weighted by molar-refractivity contribution is -0.117. The predicted octanol–water partition coefficient (Wildman–Crippen LogP) is 3.34. The normalized spacial score (nSPS) is 17.6. The number of hydrogen-bond acceptors (Lipinski definition) is 3. The zero-order chi connectivity index (χ0) is 14.6. The minimum Gasteiger partial charge on any atom is -0.495 e. The Labute approximate surface area is 124 Å². The lowest BCUT2D eigenvalue weighted by Gasteiger charge is -2.32. The third-order valence-corrected chi connectivity index (χ3v) is 4.03. The first-order valence-electron chi connectivity index (χ1n) is 6.95. The van der Waals surface area contributed by atoms with Crippen molar-refractivity contribution in [2.45, 2.75) is 44.1 Å². The molecular weight excluding hydrogens is 276 g/mol. The highest BCUT2D eigenvalue weighted by atomic mass is 35.5. The summed E-state index contributed by atoms with van der Waals surface area (Å²) in [6.45, 7) is 0. The van der Waals surface area contributed by atoms with E-state index < -0.39 is 0 Å². The van der Waals surface area contributed by atoms with Crippen LogP contribution in [0.25, 0.3) is 0 Å². The number of carbonyl (C=O) groups is 1. The third kappa shape index (κ3) is 3.87. The lowest BCUT2D eigenvalue weighted by Crippen LogP contribution is -2.44. The first-order valence-corrected chi connectivity index (χ1v) is 7.32. The molecule has 0 spiro atoms. The molecule has 5 heteroatoms. The van der Waals surface area contributed by atoms with Crippen LogP contribution in [0, 0.1) is 0 Å². The van der Waals surface area contributed by atoms with Crippen molar-refractivity contribution >= 4 is 23.2 Å². The molecule has 0 heterocycles. The van der Waals surface area contributed by atoms with E-state index in [9.17, 15) is 4.79 Å². The molecule has 1 fully saturated rings. The predicted molar refractivity (Wildman–Crippen MR) is 81.3 cm³/mol. The van der Waals surface area contributed by atoms with Crippen LogP contribution in [0.2, 0.25) is 5.02 Å². The summed E-state index contributed by atoms with van der Waals surface area (Å²) in [7, 11) is 1.56. The van der Waals surface area contributed by atoms with E-state index in [1.165, 1.54) is 6.42 Å². The molecule has 0 aromatic heterocycles. The Morgan fingerprint density at radius 2 is 2.10 bits per heavy atom. The molecule has 110 valence electrons. The number of ether oxygens (including phenoxy) is 1. The van der Waals surface area contributed by atoms with Gasteiger partial charge in [0.05, 0.1) is 12.8 Å². The quantitative estimate of drug-likeness (QED) is 0.895. The maximum Gasteiger partial charge on any atom is 0.226 e. The smallest absolute Gasteiger partial charge is 0.226 e. The molecule has 1 aliphatic carbocycles. The number of nitrogens with one attached hydrogen (secondary N) is 1. The fourth-order valence-corrected chi connectivity index (χ4v) is 2.90. The zero-order valence-electron chi connectivity index (χ0n) is 11.7. The summed E-state index contributed by atoms with van der Waals surface area (Å²) in [4.78, 5) is 12.2. The van der Waals surface area contributed by atoms with Gasteiger partial charge in [0, 0.05) is 17.0 Å². The number of anilines is 1. The van der Waals surface area contributed by atoms with E-state index in [-0.39, 0.29) is 11.4 Å². The fourth-order valence-electron chi connectivity index (χ4n) is 2.72. The van der Waals surface area contributed by atoms with E-state index in [4.69, 9.17) is 22.1 Å². The van der Waals surface area contributed by atoms with Gasteiger partial charge in [0.1, 0.15) is 5.75 Å². The number of rotatable bonds is 4. The van der Waals surface area contributed by atoms with Crippen molar-refractivity contribution in [2.75, 3.05) is 12.4 Å². The Bertz CT molecular complexity index is 485. The summed E-state index contributed by atoms with van der Waals surface area (Å²) in [5.74, 6) is 0.507. The number of halogens is 1. The van der Waals surface area contributed by atoms with Crippen molar-refractivity contribution in [1.82, 2.24) is 0 Å². The maximum atomic E-state index is 12.2. The van der Waals surface area contributed by atoms with Crippen molar-refractivity contribution < 1.29 is 9.53 Å². The summed E-state index contributed by atoms with van der Waals surface area (Å²) in [6, 6.07) is 5.14. The van der Waals surface area contributed by atoms with Crippen LogP contribution in [0.4, 0.5) is 5.69 Å². The second-order valence-electron chi connectivity index (χ2n) is 5.49. The first kappa shape index (κ1) is 15.1. The minimum absolute atomic E-state index is 0.0880. The number of nitrogens with two attached hydrogens (primary N) is 1. The second kappa shape index (κ2) is 6.46. The molecular formula is C15H21ClN2O2. The Morgan fingerprint density at radius 1 is 1.40 bits per heavy atom. The summed E-state index contributed by atoms with van der Waals surface area (Å²) in [6.07, 6.45) is 5.57. The van der Waals surface area contributed by atoms with Crippen LogP contribution in [-0.4, -0.2) is 18.6 Å². The van der Waals surface area contributed by atoms with Crippen LogP contribution in [0.5, 0.6) is 5.75 Å². The van der Waals surface area contributed by atoms with Crippen LogP contribution < -0.4 is 15.8 Å². The van der Waals surface area contributed by atoms with E-state index in [0.29, 0.717) is 22.9 Å². The van der Waals surface area contributed by atoms with Crippen LogP contribution in [-0.2, 0) is 4.79 Å². The zero-order valence-corrected chi connectivity index (χ0v) is 12.5. The molecule has 1 aromatic rings. The number of methoxy groups -OCH3 is 1. The van der Waals surface area contributed by atoms with Gasteiger partial charge in [0.15, 0.2) is 0 Å². The fraction of sp³-hybridized carbons (Fsp3) is 0.533.